The Hall–Kier alpha value is -3.59. The van der Waals surface area contributed by atoms with Crippen molar-refractivity contribution in [1.29, 1.82) is 5.26 Å². The van der Waals surface area contributed by atoms with E-state index < -0.39 is 11.8 Å². The molecule has 6 nitrogen and oxygen atoms in total. The van der Waals surface area contributed by atoms with Crippen molar-refractivity contribution in [3.63, 3.8) is 0 Å². The topological polar surface area (TPSA) is 99.2 Å². The van der Waals surface area contributed by atoms with Crippen molar-refractivity contribution in [2.24, 2.45) is 0 Å². The second kappa shape index (κ2) is 8.49. The van der Waals surface area contributed by atoms with Crippen LogP contribution in [0, 0.1) is 11.3 Å². The first-order chi connectivity index (χ1) is 12.5. The van der Waals surface area contributed by atoms with E-state index >= 15 is 0 Å². The third-order valence-corrected chi connectivity index (χ3v) is 3.79. The highest BCUT2D eigenvalue weighted by molar-refractivity contribution is 6.21. The van der Waals surface area contributed by atoms with Crippen molar-refractivity contribution in [3.05, 3.63) is 65.9 Å². The van der Waals surface area contributed by atoms with Crippen LogP contribution in [-0.2, 0) is 16.0 Å². The van der Waals surface area contributed by atoms with Gasteiger partial charge in [-0.05, 0) is 42.3 Å². The predicted octanol–water partition coefficient (Wildman–Crippen LogP) is 3.23. The summed E-state index contributed by atoms with van der Waals surface area (Å²) >= 11 is 0. The van der Waals surface area contributed by atoms with Crippen LogP contribution in [0.4, 0.5) is 17.1 Å². The predicted molar refractivity (Wildman–Crippen MR) is 102 cm³/mol. The molecule has 0 aliphatic carbocycles. The average Bonchev–Trinajstić information content (AvgIpc) is 2.64. The number of carbonyl (C=O) groups is 2. The number of para-hydroxylation sites is 1. The van der Waals surface area contributed by atoms with Crippen LogP contribution < -0.4 is 16.0 Å². The normalized spacial score (nSPS) is 10.7. The molecule has 2 aromatic carbocycles. The molecule has 0 unspecified atom stereocenters. The van der Waals surface area contributed by atoms with Gasteiger partial charge in [0, 0.05) is 24.5 Å². The third kappa shape index (κ3) is 4.28. The van der Waals surface area contributed by atoms with Gasteiger partial charge in [0.25, 0.3) is 5.91 Å². The van der Waals surface area contributed by atoms with Crippen LogP contribution in [0.1, 0.15) is 19.4 Å². The second-order valence-corrected chi connectivity index (χ2v) is 5.58. The van der Waals surface area contributed by atoms with Crippen LogP contribution in [0.5, 0.6) is 0 Å². The Labute approximate surface area is 152 Å². The Morgan fingerprint density at radius 1 is 1.19 bits per heavy atom. The second-order valence-electron chi connectivity index (χ2n) is 5.58. The number of nitrogens with one attached hydrogen (secondary N) is 1. The highest BCUT2D eigenvalue weighted by atomic mass is 16.2. The molecule has 0 radical (unpaired) electrons. The monoisotopic (exact) mass is 348 g/mol. The standard InChI is InChI=1S/C20H20N4O2/c1-3-15-6-4-5-7-19(15)23-13-16(12-21)20(26)24(14(2)25)18-10-8-17(22)9-11-18/h4-11,13,23H,3,22H2,1-2H3/b16-13-. The maximum absolute atomic E-state index is 12.7. The first-order valence-electron chi connectivity index (χ1n) is 8.13. The summed E-state index contributed by atoms with van der Waals surface area (Å²) in [5.41, 5.74) is 8.19. The Morgan fingerprint density at radius 2 is 1.85 bits per heavy atom. The van der Waals surface area contributed by atoms with Crippen LogP contribution in [-0.4, -0.2) is 11.8 Å². The summed E-state index contributed by atoms with van der Waals surface area (Å²) in [4.78, 5) is 25.6. The summed E-state index contributed by atoms with van der Waals surface area (Å²) in [5, 5.41) is 12.4. The van der Waals surface area contributed by atoms with Gasteiger partial charge >= 0.3 is 0 Å². The van der Waals surface area contributed by atoms with E-state index in [-0.39, 0.29) is 5.57 Å². The van der Waals surface area contributed by atoms with Gasteiger partial charge in [0.1, 0.15) is 11.6 Å². The zero-order chi connectivity index (χ0) is 19.1. The summed E-state index contributed by atoms with van der Waals surface area (Å²) in [6, 6.07) is 15.7. The zero-order valence-corrected chi connectivity index (χ0v) is 14.7. The maximum atomic E-state index is 12.7. The van der Waals surface area contributed by atoms with E-state index in [9.17, 15) is 14.9 Å². The summed E-state index contributed by atoms with van der Waals surface area (Å²) in [6.45, 7) is 3.28. The largest absolute Gasteiger partial charge is 0.399 e. The fraction of sp³-hybridized carbons (Fsp3) is 0.150. The molecule has 0 bridgehead atoms. The first-order valence-corrected chi connectivity index (χ1v) is 8.13. The first kappa shape index (κ1) is 18.7. The number of hydrogen-bond acceptors (Lipinski definition) is 5. The molecule has 0 spiro atoms. The van der Waals surface area contributed by atoms with E-state index in [1.54, 1.807) is 24.3 Å². The fourth-order valence-corrected chi connectivity index (χ4v) is 2.45. The van der Waals surface area contributed by atoms with Crippen LogP contribution >= 0.6 is 0 Å². The zero-order valence-electron chi connectivity index (χ0n) is 14.7. The molecule has 0 aliphatic heterocycles. The molecule has 6 heteroatoms. The molecule has 2 rings (SSSR count). The minimum Gasteiger partial charge on any atom is -0.399 e. The lowest BCUT2D eigenvalue weighted by molar-refractivity contribution is -0.123. The Kier molecular flexibility index (Phi) is 6.12. The van der Waals surface area contributed by atoms with E-state index in [0.717, 1.165) is 22.6 Å². The number of carbonyl (C=O) groups excluding carboxylic acids is 2. The Bertz CT molecular complexity index is 879. The molecular formula is C20H20N4O2. The smallest absolute Gasteiger partial charge is 0.277 e. The van der Waals surface area contributed by atoms with E-state index in [1.165, 1.54) is 13.1 Å². The van der Waals surface area contributed by atoms with Crippen molar-refractivity contribution >= 4 is 28.9 Å². The summed E-state index contributed by atoms with van der Waals surface area (Å²) in [7, 11) is 0. The SMILES string of the molecule is CCc1ccccc1N/C=C(/C#N)C(=O)N(C(C)=O)c1ccc(N)cc1. The van der Waals surface area contributed by atoms with E-state index in [2.05, 4.69) is 5.32 Å². The van der Waals surface area contributed by atoms with Gasteiger partial charge in [-0.25, -0.2) is 4.90 Å². The number of hydrogen-bond donors (Lipinski definition) is 2. The molecule has 2 amide bonds. The number of nitrogens with two attached hydrogens (primary N) is 1. The van der Waals surface area contributed by atoms with Crippen LogP contribution in [0.25, 0.3) is 0 Å². The lowest BCUT2D eigenvalue weighted by atomic mass is 10.1. The molecule has 2 aromatic rings. The summed E-state index contributed by atoms with van der Waals surface area (Å²) < 4.78 is 0. The van der Waals surface area contributed by atoms with Gasteiger partial charge in [-0.1, -0.05) is 25.1 Å². The van der Waals surface area contributed by atoms with E-state index in [4.69, 9.17) is 5.73 Å². The van der Waals surface area contributed by atoms with Crippen molar-refractivity contribution in [2.45, 2.75) is 20.3 Å². The molecule has 0 atom stereocenters. The average molecular weight is 348 g/mol. The van der Waals surface area contributed by atoms with Crippen LogP contribution in [0.15, 0.2) is 60.3 Å². The van der Waals surface area contributed by atoms with Gasteiger partial charge in [-0.3, -0.25) is 9.59 Å². The van der Waals surface area contributed by atoms with Crippen molar-refractivity contribution < 1.29 is 9.59 Å². The van der Waals surface area contributed by atoms with Gasteiger partial charge < -0.3 is 11.1 Å². The number of rotatable bonds is 5. The number of aryl methyl sites for hydroxylation is 1. The molecule has 0 saturated heterocycles. The van der Waals surface area contributed by atoms with E-state index in [1.807, 2.05) is 37.3 Å². The Balaban J connectivity index is 2.32. The quantitative estimate of drug-likeness (QED) is 0.491. The number of imide groups is 1. The van der Waals surface area contributed by atoms with Gasteiger partial charge in [0.05, 0.1) is 5.69 Å². The summed E-state index contributed by atoms with van der Waals surface area (Å²) in [5.74, 6) is -1.19. The maximum Gasteiger partial charge on any atom is 0.277 e. The lowest BCUT2D eigenvalue weighted by Crippen LogP contribution is -2.36. The lowest BCUT2D eigenvalue weighted by Gasteiger charge is -2.19. The van der Waals surface area contributed by atoms with Gasteiger partial charge in [0.15, 0.2) is 0 Å². The van der Waals surface area contributed by atoms with Crippen LogP contribution in [0.2, 0.25) is 0 Å². The summed E-state index contributed by atoms with van der Waals surface area (Å²) in [6.07, 6.45) is 2.13. The van der Waals surface area contributed by atoms with E-state index in [0.29, 0.717) is 11.4 Å². The third-order valence-electron chi connectivity index (χ3n) is 3.79. The number of benzene rings is 2. The number of nitrogens with zero attached hydrogens (tertiary/aromatic N) is 2. The molecule has 0 saturated carbocycles. The Morgan fingerprint density at radius 3 is 2.42 bits per heavy atom. The van der Waals surface area contributed by atoms with Gasteiger partial charge in [-0.15, -0.1) is 0 Å². The molecular weight excluding hydrogens is 328 g/mol. The number of amides is 2. The number of nitriles is 1. The minimum absolute atomic E-state index is 0.178. The highest BCUT2D eigenvalue weighted by Gasteiger charge is 2.24. The van der Waals surface area contributed by atoms with Gasteiger partial charge in [-0.2, -0.15) is 5.26 Å². The molecule has 0 aromatic heterocycles. The number of nitrogen functional groups attached to an aromatic ring is 1. The number of anilines is 3. The minimum atomic E-state index is -0.703. The molecule has 132 valence electrons. The van der Waals surface area contributed by atoms with Crippen LogP contribution in [0.3, 0.4) is 0 Å². The van der Waals surface area contributed by atoms with Gasteiger partial charge in [0.2, 0.25) is 5.91 Å². The van der Waals surface area contributed by atoms with Crippen molar-refractivity contribution in [1.82, 2.24) is 0 Å². The molecule has 0 heterocycles. The fourth-order valence-electron chi connectivity index (χ4n) is 2.45. The molecule has 3 N–H and O–H groups in total. The molecule has 0 fully saturated rings. The molecule has 0 aliphatic rings. The van der Waals surface area contributed by atoms with Crippen molar-refractivity contribution in [2.75, 3.05) is 16.0 Å². The highest BCUT2D eigenvalue weighted by Crippen LogP contribution is 2.20. The van der Waals surface area contributed by atoms with Crippen molar-refractivity contribution in [3.8, 4) is 6.07 Å². The molecule has 26 heavy (non-hydrogen) atoms.